The van der Waals surface area contributed by atoms with E-state index in [2.05, 4.69) is 100.0 Å². The van der Waals surface area contributed by atoms with Gasteiger partial charge in [-0.3, -0.25) is 0 Å². The molecule has 1 heteroatoms. The van der Waals surface area contributed by atoms with Crippen molar-refractivity contribution < 1.29 is 4.57 Å². The number of rotatable bonds is 3. The van der Waals surface area contributed by atoms with Crippen LogP contribution in [0.5, 0.6) is 0 Å². The summed E-state index contributed by atoms with van der Waals surface area (Å²) in [4.78, 5) is 0. The molecule has 0 unspecified atom stereocenters. The summed E-state index contributed by atoms with van der Waals surface area (Å²) >= 11 is 0. The molecule has 136 valence electrons. The Kier molecular flexibility index (Phi) is 4.47. The third kappa shape index (κ3) is 3.02. The van der Waals surface area contributed by atoms with Crippen molar-refractivity contribution >= 4 is 21.7 Å². The minimum atomic E-state index is 0.629. The van der Waals surface area contributed by atoms with Crippen LogP contribution in [0.3, 0.4) is 0 Å². The van der Waals surface area contributed by atoms with Crippen LogP contribution in [0, 0.1) is 19.8 Å². The number of benzene rings is 3. The van der Waals surface area contributed by atoms with E-state index in [4.69, 9.17) is 0 Å². The molecule has 4 aromatic rings. The van der Waals surface area contributed by atoms with Gasteiger partial charge in [-0.15, -0.1) is 0 Å². The average Bonchev–Trinajstić information content (AvgIpc) is 2.65. The maximum absolute atomic E-state index is 2.43. The summed E-state index contributed by atoms with van der Waals surface area (Å²) < 4.78 is 2.37. The zero-order valence-corrected chi connectivity index (χ0v) is 17.0. The van der Waals surface area contributed by atoms with Crippen molar-refractivity contribution in [3.8, 4) is 11.3 Å². The molecule has 0 aliphatic carbocycles. The Labute approximate surface area is 162 Å². The molecule has 0 fully saturated rings. The summed E-state index contributed by atoms with van der Waals surface area (Å²) in [5.74, 6) is 0.629. The van der Waals surface area contributed by atoms with Gasteiger partial charge in [-0.25, -0.2) is 0 Å². The van der Waals surface area contributed by atoms with Crippen molar-refractivity contribution in [1.29, 1.82) is 0 Å². The highest BCUT2D eigenvalue weighted by atomic mass is 14.9. The predicted molar refractivity (Wildman–Crippen MR) is 116 cm³/mol. The van der Waals surface area contributed by atoms with Gasteiger partial charge in [0.2, 0.25) is 11.2 Å². The number of aryl methyl sites for hydroxylation is 2. The van der Waals surface area contributed by atoms with E-state index in [9.17, 15) is 0 Å². The van der Waals surface area contributed by atoms with Gasteiger partial charge in [0.1, 0.15) is 7.05 Å². The molecular formula is C26H28N+. The van der Waals surface area contributed by atoms with Crippen LogP contribution in [0.25, 0.3) is 32.9 Å². The zero-order valence-electron chi connectivity index (χ0n) is 17.0. The SMILES string of the molecule is Cc1cc2ccccc2c(-c2cc(CC(C)C)c3ccccc3[n+]2C)c1C. The van der Waals surface area contributed by atoms with Crippen LogP contribution in [0.4, 0.5) is 0 Å². The van der Waals surface area contributed by atoms with E-state index >= 15 is 0 Å². The summed E-state index contributed by atoms with van der Waals surface area (Å²) in [6.45, 7) is 9.08. The second-order valence-corrected chi connectivity index (χ2v) is 8.14. The second-order valence-electron chi connectivity index (χ2n) is 8.14. The normalized spacial score (nSPS) is 11.6. The molecule has 0 aliphatic rings. The van der Waals surface area contributed by atoms with E-state index in [0.29, 0.717) is 5.92 Å². The number of hydrogen-bond acceptors (Lipinski definition) is 0. The van der Waals surface area contributed by atoms with Crippen LogP contribution in [-0.2, 0) is 13.5 Å². The predicted octanol–water partition coefficient (Wildman–Crippen LogP) is 6.30. The van der Waals surface area contributed by atoms with Crippen LogP contribution in [0.1, 0.15) is 30.5 Å². The van der Waals surface area contributed by atoms with E-state index < -0.39 is 0 Å². The van der Waals surface area contributed by atoms with Gasteiger partial charge in [-0.1, -0.05) is 56.3 Å². The third-order valence-corrected chi connectivity index (χ3v) is 5.74. The zero-order chi connectivity index (χ0) is 19.1. The second kappa shape index (κ2) is 6.81. The molecule has 1 nitrogen and oxygen atoms in total. The third-order valence-electron chi connectivity index (χ3n) is 5.74. The standard InChI is InChI=1S/C26H28N/c1-17(2)14-21-16-25(27(5)24-13-9-8-11-22(21)24)26-19(4)18(3)15-20-10-6-7-12-23(20)26/h6-13,15-17H,14H2,1-5H3/q+1. The smallest absolute Gasteiger partial charge is 0.194 e. The maximum atomic E-state index is 2.43. The lowest BCUT2D eigenvalue weighted by Gasteiger charge is -2.15. The highest BCUT2D eigenvalue weighted by Gasteiger charge is 2.22. The Morgan fingerprint density at radius 2 is 1.52 bits per heavy atom. The topological polar surface area (TPSA) is 3.88 Å². The molecule has 1 heterocycles. The highest BCUT2D eigenvalue weighted by molar-refractivity contribution is 5.98. The lowest BCUT2D eigenvalue weighted by molar-refractivity contribution is -0.633. The summed E-state index contributed by atoms with van der Waals surface area (Å²) in [7, 11) is 2.20. The highest BCUT2D eigenvalue weighted by Crippen LogP contribution is 2.34. The van der Waals surface area contributed by atoms with Crippen molar-refractivity contribution in [1.82, 2.24) is 0 Å². The Hall–Kier alpha value is -2.67. The van der Waals surface area contributed by atoms with Crippen molar-refractivity contribution in [2.24, 2.45) is 13.0 Å². The van der Waals surface area contributed by atoms with Crippen molar-refractivity contribution in [3.63, 3.8) is 0 Å². The largest absolute Gasteiger partial charge is 0.213 e. The van der Waals surface area contributed by atoms with Gasteiger partial charge in [0.15, 0.2) is 0 Å². The van der Waals surface area contributed by atoms with E-state index in [0.717, 1.165) is 6.42 Å². The van der Waals surface area contributed by atoms with Gasteiger partial charge in [-0.05, 0) is 59.7 Å². The van der Waals surface area contributed by atoms with E-state index in [1.807, 2.05) is 0 Å². The molecule has 0 saturated carbocycles. The number of aromatic nitrogens is 1. The van der Waals surface area contributed by atoms with Gasteiger partial charge in [0, 0.05) is 17.5 Å². The Morgan fingerprint density at radius 3 is 2.26 bits per heavy atom. The molecule has 4 rings (SSSR count). The average molecular weight is 355 g/mol. The molecule has 27 heavy (non-hydrogen) atoms. The lowest BCUT2D eigenvalue weighted by atomic mass is 9.90. The Bertz CT molecular complexity index is 1150. The molecule has 0 aliphatic heterocycles. The molecule has 0 saturated heterocycles. The first-order chi connectivity index (χ1) is 13.0. The first-order valence-electron chi connectivity index (χ1n) is 9.87. The van der Waals surface area contributed by atoms with Crippen molar-refractivity contribution in [2.45, 2.75) is 34.1 Å². The Balaban J connectivity index is 2.13. The summed E-state index contributed by atoms with van der Waals surface area (Å²) in [6.07, 6.45) is 1.09. The maximum Gasteiger partial charge on any atom is 0.213 e. The molecule has 0 N–H and O–H groups in total. The van der Waals surface area contributed by atoms with Crippen molar-refractivity contribution in [3.05, 3.63) is 77.4 Å². The van der Waals surface area contributed by atoms with E-state index in [-0.39, 0.29) is 0 Å². The molecule has 0 radical (unpaired) electrons. The van der Waals surface area contributed by atoms with Crippen LogP contribution in [0.15, 0.2) is 60.7 Å². The van der Waals surface area contributed by atoms with E-state index in [1.54, 1.807) is 0 Å². The molecule has 0 atom stereocenters. The van der Waals surface area contributed by atoms with Gasteiger partial charge in [0.25, 0.3) is 0 Å². The van der Waals surface area contributed by atoms with Gasteiger partial charge in [0.05, 0.1) is 5.56 Å². The fraction of sp³-hybridized carbons (Fsp3) is 0.269. The fourth-order valence-electron chi connectivity index (χ4n) is 4.28. The number of fused-ring (bicyclic) bond motifs is 2. The number of para-hydroxylation sites is 1. The first kappa shape index (κ1) is 17.7. The molecule has 1 aromatic heterocycles. The quantitative estimate of drug-likeness (QED) is 0.380. The minimum absolute atomic E-state index is 0.629. The number of hydrogen-bond donors (Lipinski definition) is 0. The Morgan fingerprint density at radius 1 is 0.852 bits per heavy atom. The molecule has 3 aromatic carbocycles. The molecule has 0 spiro atoms. The van der Waals surface area contributed by atoms with Gasteiger partial charge in [-0.2, -0.15) is 4.57 Å². The lowest BCUT2D eigenvalue weighted by Crippen LogP contribution is -2.33. The van der Waals surface area contributed by atoms with Crippen LogP contribution >= 0.6 is 0 Å². The molecular weight excluding hydrogens is 326 g/mol. The van der Waals surface area contributed by atoms with E-state index in [1.165, 1.54) is 49.6 Å². The summed E-state index contributed by atoms with van der Waals surface area (Å²) in [5.41, 5.74) is 8.14. The molecule has 0 amide bonds. The van der Waals surface area contributed by atoms with Gasteiger partial charge < -0.3 is 0 Å². The summed E-state index contributed by atoms with van der Waals surface area (Å²) in [6, 6.07) is 22.3. The van der Waals surface area contributed by atoms with Crippen LogP contribution in [-0.4, -0.2) is 0 Å². The number of pyridine rings is 1. The fourth-order valence-corrected chi connectivity index (χ4v) is 4.28. The van der Waals surface area contributed by atoms with Crippen LogP contribution < -0.4 is 4.57 Å². The number of nitrogens with zero attached hydrogens (tertiary/aromatic N) is 1. The molecule has 0 bridgehead atoms. The van der Waals surface area contributed by atoms with Crippen molar-refractivity contribution in [2.75, 3.05) is 0 Å². The summed E-state index contributed by atoms with van der Waals surface area (Å²) in [5, 5.41) is 4.02. The van der Waals surface area contributed by atoms with Gasteiger partial charge >= 0.3 is 0 Å². The first-order valence-corrected chi connectivity index (χ1v) is 9.87. The van der Waals surface area contributed by atoms with Crippen LogP contribution in [0.2, 0.25) is 0 Å². The minimum Gasteiger partial charge on any atom is -0.194 e. The monoisotopic (exact) mass is 354 g/mol.